The molecule has 1 aromatic carbocycles. The van der Waals surface area contributed by atoms with Crippen LogP contribution in [0.25, 0.3) is 27.8 Å². The molecule has 0 saturated carbocycles. The second-order valence-electron chi connectivity index (χ2n) is 5.59. The Kier molecular flexibility index (Phi) is 3.18. The van der Waals surface area contributed by atoms with Crippen LogP contribution in [-0.2, 0) is 13.2 Å². The fourth-order valence-corrected chi connectivity index (χ4v) is 2.88. The van der Waals surface area contributed by atoms with Crippen molar-refractivity contribution < 1.29 is 13.2 Å². The Balaban J connectivity index is 2.24. The van der Waals surface area contributed by atoms with Crippen molar-refractivity contribution in [2.75, 3.05) is 0 Å². The second kappa shape index (κ2) is 5.17. The molecule has 0 spiro atoms. The maximum Gasteiger partial charge on any atom is 0.433 e. The van der Waals surface area contributed by atoms with E-state index in [1.807, 2.05) is 0 Å². The molecule has 5 nitrogen and oxygen atoms in total. The van der Waals surface area contributed by atoms with Gasteiger partial charge in [-0.05, 0) is 24.3 Å². The van der Waals surface area contributed by atoms with Crippen molar-refractivity contribution in [3.63, 3.8) is 0 Å². The first kappa shape index (κ1) is 15.4. The van der Waals surface area contributed by atoms with Crippen LogP contribution in [0, 0.1) is 0 Å². The highest BCUT2D eigenvalue weighted by molar-refractivity contribution is 6.01. The molecule has 0 radical (unpaired) electrons. The van der Waals surface area contributed by atoms with E-state index < -0.39 is 17.4 Å². The minimum absolute atomic E-state index is 0.0536. The van der Waals surface area contributed by atoms with Gasteiger partial charge in [0.1, 0.15) is 11.3 Å². The molecule has 4 aromatic rings. The van der Waals surface area contributed by atoms with Crippen LogP contribution in [0.5, 0.6) is 0 Å². The summed E-state index contributed by atoms with van der Waals surface area (Å²) in [4.78, 5) is 20.7. The van der Waals surface area contributed by atoms with Gasteiger partial charge in [0.2, 0.25) is 0 Å². The first-order chi connectivity index (χ1) is 11.9. The molecule has 3 aromatic heterocycles. The quantitative estimate of drug-likeness (QED) is 0.532. The molecule has 0 saturated heterocycles. The lowest BCUT2D eigenvalue weighted by atomic mass is 10.2. The molecule has 0 aliphatic rings. The summed E-state index contributed by atoms with van der Waals surface area (Å²) in [5.74, 6) is 0. The van der Waals surface area contributed by atoms with Gasteiger partial charge in [-0.1, -0.05) is 18.2 Å². The van der Waals surface area contributed by atoms with E-state index in [0.29, 0.717) is 16.6 Å². The minimum Gasteiger partial charge on any atom is -0.333 e. The highest BCUT2D eigenvalue weighted by atomic mass is 19.4. The number of imidazole rings is 1. The van der Waals surface area contributed by atoms with Crippen molar-refractivity contribution in [1.29, 1.82) is 0 Å². The molecule has 0 N–H and O–H groups in total. The Hall–Kier alpha value is -3.16. The average molecular weight is 344 g/mol. The monoisotopic (exact) mass is 344 g/mol. The van der Waals surface area contributed by atoms with Gasteiger partial charge in [0.15, 0.2) is 5.52 Å². The Labute approximate surface area is 139 Å². The number of halogens is 3. The van der Waals surface area contributed by atoms with Crippen LogP contribution in [0.2, 0.25) is 0 Å². The van der Waals surface area contributed by atoms with Crippen LogP contribution >= 0.6 is 0 Å². The highest BCUT2D eigenvalue weighted by Gasteiger charge is 2.33. The molecule has 126 valence electrons. The maximum atomic E-state index is 13.1. The second-order valence-corrected chi connectivity index (χ2v) is 5.59. The molecular formula is C17H11F3N4O. The van der Waals surface area contributed by atoms with Crippen LogP contribution in [-0.4, -0.2) is 19.1 Å². The Morgan fingerprint density at radius 2 is 1.76 bits per heavy atom. The summed E-state index contributed by atoms with van der Waals surface area (Å²) in [5, 5.41) is 0.423. The van der Waals surface area contributed by atoms with E-state index >= 15 is 0 Å². The third-order valence-electron chi connectivity index (χ3n) is 3.99. The minimum atomic E-state index is -4.60. The predicted molar refractivity (Wildman–Crippen MR) is 86.6 cm³/mol. The molecule has 4 rings (SSSR count). The van der Waals surface area contributed by atoms with Crippen LogP contribution in [0.3, 0.4) is 0 Å². The summed E-state index contributed by atoms with van der Waals surface area (Å²) in [6, 6.07) is 10.7. The number of rotatable bonds is 1. The lowest BCUT2D eigenvalue weighted by Gasteiger charge is -2.13. The van der Waals surface area contributed by atoms with Gasteiger partial charge in [-0.15, -0.1) is 0 Å². The molecule has 0 fully saturated rings. The maximum absolute atomic E-state index is 13.1. The Morgan fingerprint density at radius 1 is 1.04 bits per heavy atom. The number of para-hydroxylation sites is 1. The van der Waals surface area contributed by atoms with Crippen LogP contribution in [0.4, 0.5) is 13.2 Å². The summed E-state index contributed by atoms with van der Waals surface area (Å²) in [7, 11) is 1.68. The third kappa shape index (κ3) is 2.29. The van der Waals surface area contributed by atoms with Crippen LogP contribution < -0.4 is 5.56 Å². The summed E-state index contributed by atoms with van der Waals surface area (Å²) < 4.78 is 42.1. The third-order valence-corrected chi connectivity index (χ3v) is 3.99. The first-order valence-corrected chi connectivity index (χ1v) is 7.37. The normalized spacial score (nSPS) is 12.2. The van der Waals surface area contributed by atoms with Gasteiger partial charge in [0.25, 0.3) is 5.56 Å². The number of nitrogens with zero attached hydrogens (tertiary/aromatic N) is 4. The number of hydrogen-bond donors (Lipinski definition) is 0. The summed E-state index contributed by atoms with van der Waals surface area (Å²) in [6.45, 7) is 0. The molecular weight excluding hydrogens is 333 g/mol. The largest absolute Gasteiger partial charge is 0.433 e. The lowest BCUT2D eigenvalue weighted by Crippen LogP contribution is -2.21. The van der Waals surface area contributed by atoms with Gasteiger partial charge >= 0.3 is 6.18 Å². The fourth-order valence-electron chi connectivity index (χ4n) is 2.88. The fraction of sp³-hybridized carbons (Fsp3) is 0.118. The molecule has 0 unspecified atom stereocenters. The molecule has 8 heteroatoms. The predicted octanol–water partition coefficient (Wildman–Crippen LogP) is 3.29. The smallest absolute Gasteiger partial charge is 0.333 e. The van der Waals surface area contributed by atoms with E-state index in [1.165, 1.54) is 17.0 Å². The van der Waals surface area contributed by atoms with E-state index in [0.717, 1.165) is 6.07 Å². The summed E-state index contributed by atoms with van der Waals surface area (Å²) in [6.07, 6.45) is -3.15. The zero-order valence-electron chi connectivity index (χ0n) is 12.9. The van der Waals surface area contributed by atoms with Gasteiger partial charge in [0.05, 0.1) is 17.5 Å². The molecule has 3 heterocycles. The van der Waals surface area contributed by atoms with Gasteiger partial charge < -0.3 is 4.57 Å². The van der Waals surface area contributed by atoms with Crippen molar-refractivity contribution in [1.82, 2.24) is 19.1 Å². The molecule has 25 heavy (non-hydrogen) atoms. The number of aryl methyl sites for hydroxylation is 1. The van der Waals surface area contributed by atoms with E-state index in [1.54, 1.807) is 41.9 Å². The molecule has 0 aliphatic carbocycles. The van der Waals surface area contributed by atoms with E-state index in [9.17, 15) is 18.0 Å². The Morgan fingerprint density at radius 3 is 2.44 bits per heavy atom. The first-order valence-electron chi connectivity index (χ1n) is 7.37. The van der Waals surface area contributed by atoms with Gasteiger partial charge in [-0.2, -0.15) is 13.2 Å². The standard InChI is InChI=1S/C17H11F3N4O/c1-23-9-21-13-14(23)11-7-8-12(17(18,19)20)22-15(11)24(16(13)25)10-5-3-2-4-6-10/h2-9H,1H3. The highest BCUT2D eigenvalue weighted by Crippen LogP contribution is 2.31. The molecule has 0 aliphatic heterocycles. The van der Waals surface area contributed by atoms with Crippen molar-refractivity contribution >= 4 is 22.1 Å². The molecule has 0 amide bonds. The van der Waals surface area contributed by atoms with Gasteiger partial charge in [-0.3, -0.25) is 9.36 Å². The zero-order valence-corrected chi connectivity index (χ0v) is 12.9. The van der Waals surface area contributed by atoms with Crippen molar-refractivity contribution in [2.24, 2.45) is 7.05 Å². The number of pyridine rings is 2. The van der Waals surface area contributed by atoms with E-state index in [2.05, 4.69) is 9.97 Å². The van der Waals surface area contributed by atoms with E-state index in [-0.39, 0.29) is 11.2 Å². The number of hydrogen-bond acceptors (Lipinski definition) is 3. The summed E-state index contributed by atoms with van der Waals surface area (Å²) >= 11 is 0. The van der Waals surface area contributed by atoms with Crippen molar-refractivity contribution in [3.05, 3.63) is 64.8 Å². The van der Waals surface area contributed by atoms with Crippen LogP contribution in [0.15, 0.2) is 53.6 Å². The zero-order chi connectivity index (χ0) is 17.8. The molecule has 0 bridgehead atoms. The number of alkyl halides is 3. The number of benzene rings is 1. The Bertz CT molecular complexity index is 1160. The van der Waals surface area contributed by atoms with Crippen LogP contribution in [0.1, 0.15) is 5.69 Å². The van der Waals surface area contributed by atoms with Crippen molar-refractivity contribution in [3.8, 4) is 5.69 Å². The van der Waals surface area contributed by atoms with Gasteiger partial charge in [0, 0.05) is 12.4 Å². The van der Waals surface area contributed by atoms with Crippen molar-refractivity contribution in [2.45, 2.75) is 6.18 Å². The number of fused-ring (bicyclic) bond motifs is 3. The van der Waals surface area contributed by atoms with E-state index in [4.69, 9.17) is 0 Å². The lowest BCUT2D eigenvalue weighted by molar-refractivity contribution is -0.141. The van der Waals surface area contributed by atoms with Gasteiger partial charge in [-0.25, -0.2) is 9.97 Å². The number of aromatic nitrogens is 4. The topological polar surface area (TPSA) is 52.7 Å². The SMILES string of the molecule is Cn1cnc2c(=O)n(-c3ccccc3)c3nc(C(F)(F)F)ccc3c21. The molecule has 0 atom stereocenters. The average Bonchev–Trinajstić information content (AvgIpc) is 2.97. The summed E-state index contributed by atoms with van der Waals surface area (Å²) in [5.41, 5.74) is -0.556.